The quantitative estimate of drug-likeness (QED) is 0.162. The number of furan rings is 2. The Morgan fingerprint density at radius 1 is 0.529 bits per heavy atom. The fraction of sp³-hybridized carbons (Fsp3) is 0.258. The van der Waals surface area contributed by atoms with Gasteiger partial charge in [-0.05, 0) is 140 Å². The molecule has 5 heterocycles. The fourth-order valence-electron chi connectivity index (χ4n) is 11.9. The number of anilines is 6. The molecule has 0 N–H and O–H groups in total. The lowest BCUT2D eigenvalue weighted by Gasteiger charge is -2.43. The van der Waals surface area contributed by atoms with Gasteiger partial charge in [-0.3, -0.25) is 0 Å². The number of para-hydroxylation sites is 1. The number of thiophene rings is 1. The molecular weight excluding hydrogens is 848 g/mol. The first-order valence-electron chi connectivity index (χ1n) is 24.4. The van der Waals surface area contributed by atoms with Crippen LogP contribution in [0.3, 0.4) is 0 Å². The summed E-state index contributed by atoms with van der Waals surface area (Å²) in [6.45, 7) is 27.6. The third-order valence-corrected chi connectivity index (χ3v) is 16.8. The van der Waals surface area contributed by atoms with Crippen LogP contribution in [0.1, 0.15) is 110 Å². The summed E-state index contributed by atoms with van der Waals surface area (Å²) in [7, 11) is 0. The van der Waals surface area contributed by atoms with E-state index in [9.17, 15) is 0 Å². The number of rotatable bonds is 2. The summed E-state index contributed by atoms with van der Waals surface area (Å²) < 4.78 is 16.9. The van der Waals surface area contributed by atoms with Crippen molar-refractivity contribution in [3.8, 4) is 11.3 Å². The van der Waals surface area contributed by atoms with E-state index >= 15 is 0 Å². The van der Waals surface area contributed by atoms with E-state index in [2.05, 4.69) is 220 Å². The summed E-state index contributed by atoms with van der Waals surface area (Å²) in [5.41, 5.74) is 21.0. The largest absolute Gasteiger partial charge is 0.468 e. The molecular formula is C62H57BN2O2S. The van der Waals surface area contributed by atoms with Gasteiger partial charge in [0.2, 0.25) is 0 Å². The molecule has 2 aliphatic heterocycles. The Hall–Kier alpha value is -6.50. The van der Waals surface area contributed by atoms with E-state index in [1.165, 1.54) is 87.1 Å². The maximum absolute atomic E-state index is 7.82. The highest BCUT2D eigenvalue weighted by Crippen LogP contribution is 2.58. The van der Waals surface area contributed by atoms with Crippen LogP contribution in [0.5, 0.6) is 0 Å². The van der Waals surface area contributed by atoms with Crippen LogP contribution < -0.4 is 26.4 Å². The van der Waals surface area contributed by atoms with Gasteiger partial charge in [-0.15, -0.1) is 11.3 Å². The molecule has 0 bridgehead atoms. The van der Waals surface area contributed by atoms with Gasteiger partial charge in [0.15, 0.2) is 0 Å². The highest BCUT2D eigenvalue weighted by Gasteiger charge is 2.53. The Bertz CT molecular complexity index is 3800. The molecule has 13 rings (SSSR count). The third-order valence-electron chi connectivity index (χ3n) is 15.5. The molecule has 1 aliphatic carbocycles. The Labute approximate surface area is 404 Å². The molecule has 0 saturated carbocycles. The smallest absolute Gasteiger partial charge is 0.298 e. The van der Waals surface area contributed by atoms with E-state index < -0.39 is 0 Å². The number of hydrogen-bond acceptors (Lipinski definition) is 5. The number of benzene rings is 7. The van der Waals surface area contributed by atoms with Crippen LogP contribution in [-0.2, 0) is 21.7 Å². The fourth-order valence-corrected chi connectivity index (χ4v) is 13.1. The van der Waals surface area contributed by atoms with Crippen molar-refractivity contribution in [3.63, 3.8) is 0 Å². The lowest BCUT2D eigenvalue weighted by Crippen LogP contribution is -2.61. The number of fused-ring (bicyclic) bond motifs is 15. The first-order valence-corrected chi connectivity index (χ1v) is 25.2. The zero-order valence-corrected chi connectivity index (χ0v) is 42.1. The summed E-state index contributed by atoms with van der Waals surface area (Å²) in [6.07, 6.45) is 0. The normalized spacial score (nSPS) is 15.1. The molecule has 7 aromatic carbocycles. The lowest BCUT2D eigenvalue weighted by atomic mass is 9.35. The SMILES string of the molecule is Cc1cc2c3c(c1)N(c1ccc4oc5ccccc5c4c1)c1c(oc4c1C(C)(C)c1ccc(C(C)(C)C)cc1-4)B3c1c(ccc3c1sc1ccc(C(C)(C)C)cc13)N2c1ccc(C(C)(C)C)cc1. The predicted molar refractivity (Wildman–Crippen MR) is 291 cm³/mol. The molecule has 0 saturated heterocycles. The van der Waals surface area contributed by atoms with Crippen LogP contribution in [0.25, 0.3) is 53.4 Å². The second-order valence-electron chi connectivity index (χ2n) is 23.5. The van der Waals surface area contributed by atoms with Gasteiger partial charge in [0, 0.05) is 70.5 Å². The lowest BCUT2D eigenvalue weighted by molar-refractivity contribution is 0.588. The Kier molecular flexibility index (Phi) is 8.34. The maximum Gasteiger partial charge on any atom is 0.298 e. The monoisotopic (exact) mass is 904 g/mol. The van der Waals surface area contributed by atoms with Gasteiger partial charge in [0.1, 0.15) is 16.9 Å². The van der Waals surface area contributed by atoms with Gasteiger partial charge in [0.25, 0.3) is 6.71 Å². The molecule has 68 heavy (non-hydrogen) atoms. The molecule has 0 radical (unpaired) electrons. The van der Waals surface area contributed by atoms with Crippen LogP contribution in [0.4, 0.5) is 34.1 Å². The zero-order valence-electron chi connectivity index (χ0n) is 41.3. The van der Waals surface area contributed by atoms with E-state index in [0.29, 0.717) is 0 Å². The molecule has 0 amide bonds. The van der Waals surface area contributed by atoms with Gasteiger partial charge in [-0.1, -0.05) is 131 Å². The topological polar surface area (TPSA) is 32.8 Å². The van der Waals surface area contributed by atoms with Crippen molar-refractivity contribution in [1.82, 2.24) is 0 Å². The summed E-state index contributed by atoms with van der Waals surface area (Å²) in [5, 5.41) is 4.84. The third kappa shape index (κ3) is 5.73. The zero-order chi connectivity index (χ0) is 47.1. The molecule has 336 valence electrons. The first kappa shape index (κ1) is 41.7. The van der Waals surface area contributed by atoms with E-state index in [4.69, 9.17) is 8.83 Å². The minimum atomic E-state index is -0.349. The first-order chi connectivity index (χ1) is 32.3. The second kappa shape index (κ2) is 13.6. The van der Waals surface area contributed by atoms with Crippen LogP contribution in [-0.4, -0.2) is 6.71 Å². The molecule has 0 atom stereocenters. The van der Waals surface area contributed by atoms with E-state index in [1.807, 2.05) is 11.3 Å². The van der Waals surface area contributed by atoms with Gasteiger partial charge >= 0.3 is 0 Å². The van der Waals surface area contributed by atoms with E-state index in [-0.39, 0.29) is 28.4 Å². The summed E-state index contributed by atoms with van der Waals surface area (Å²) in [4.78, 5) is 5.11. The average molecular weight is 905 g/mol. The molecule has 4 nitrogen and oxygen atoms in total. The number of nitrogens with zero attached hydrogens (tertiary/aromatic N) is 2. The van der Waals surface area contributed by atoms with Crippen molar-refractivity contribution in [2.24, 2.45) is 0 Å². The summed E-state index contributed by atoms with van der Waals surface area (Å²) in [6, 6.07) is 48.4. The van der Waals surface area contributed by atoms with Crippen molar-refractivity contribution < 1.29 is 8.83 Å². The number of aryl methyl sites for hydroxylation is 1. The predicted octanol–water partition coefficient (Wildman–Crippen LogP) is 16.1. The van der Waals surface area contributed by atoms with Crippen LogP contribution >= 0.6 is 11.3 Å². The Morgan fingerprint density at radius 2 is 1.18 bits per heavy atom. The second-order valence-corrected chi connectivity index (χ2v) is 24.5. The van der Waals surface area contributed by atoms with Crippen molar-refractivity contribution in [1.29, 1.82) is 0 Å². The van der Waals surface area contributed by atoms with Crippen LogP contribution in [0, 0.1) is 6.92 Å². The molecule has 3 aromatic heterocycles. The van der Waals surface area contributed by atoms with E-state index in [0.717, 1.165) is 50.4 Å². The standard InChI is InChI=1S/C62H57BN2O2S/c1-34-29-47-53-48(30-34)65(39-23-27-50-42(33-39)40-15-13-14-16-49(40)66-50)55-52-56(44-32-36(60(5,6)7)19-25-45(44)62(52,11)12)67-58(55)63(53)54-46(64(47)38-21-17-35(18-22-38)59(2,3)4)26-24-41-43-31-37(61(8,9)10)20-28-51(43)68-57(41)54/h13-33H,1-12H3. The van der Waals surface area contributed by atoms with Crippen LogP contribution in [0.15, 0.2) is 136 Å². The molecule has 10 aromatic rings. The van der Waals surface area contributed by atoms with Gasteiger partial charge < -0.3 is 18.6 Å². The summed E-state index contributed by atoms with van der Waals surface area (Å²) >= 11 is 1.93. The van der Waals surface area contributed by atoms with Gasteiger partial charge in [-0.25, -0.2) is 0 Å². The molecule has 6 heteroatoms. The maximum atomic E-state index is 7.82. The highest BCUT2D eigenvalue weighted by atomic mass is 32.1. The average Bonchev–Trinajstić information content (AvgIpc) is 4.03. The van der Waals surface area contributed by atoms with Gasteiger partial charge in [0.05, 0.1) is 11.3 Å². The highest BCUT2D eigenvalue weighted by molar-refractivity contribution is 7.28. The van der Waals surface area contributed by atoms with Crippen LogP contribution in [0.2, 0.25) is 0 Å². The van der Waals surface area contributed by atoms with Crippen molar-refractivity contribution >= 4 is 111 Å². The summed E-state index contributed by atoms with van der Waals surface area (Å²) in [5.74, 6) is 0.993. The minimum Gasteiger partial charge on any atom is -0.468 e. The number of hydrogen-bond donors (Lipinski definition) is 0. The molecule has 0 fully saturated rings. The van der Waals surface area contributed by atoms with Crippen molar-refractivity contribution in [2.75, 3.05) is 9.80 Å². The van der Waals surface area contributed by atoms with E-state index in [1.54, 1.807) is 0 Å². The van der Waals surface area contributed by atoms with Crippen molar-refractivity contribution in [3.05, 3.63) is 161 Å². The van der Waals surface area contributed by atoms with Gasteiger partial charge in [-0.2, -0.15) is 0 Å². The van der Waals surface area contributed by atoms with Crippen molar-refractivity contribution in [2.45, 2.75) is 105 Å². The molecule has 3 aliphatic rings. The Balaban J connectivity index is 1.17. The molecule has 0 spiro atoms. The molecule has 0 unspecified atom stereocenters. The Morgan fingerprint density at radius 3 is 1.91 bits per heavy atom. The minimum absolute atomic E-state index is 0.0244.